The second-order valence-corrected chi connectivity index (χ2v) is 7.70. The molecule has 1 N–H and O–H groups in total. The van der Waals surface area contributed by atoms with Gasteiger partial charge in [-0.1, -0.05) is 42.0 Å². The lowest BCUT2D eigenvalue weighted by molar-refractivity contribution is -0.118. The standard InChI is InChI=1S/C23H20N2O2S/c1-15-10-11-20(16(2)12-15)27-14-22(26)24-18-7-5-6-17(13-18)23-25-19-8-3-4-9-21(19)28-23/h3-13H,14H2,1-2H3,(H,24,26). The Morgan fingerprint density at radius 2 is 1.89 bits per heavy atom. The maximum atomic E-state index is 12.3. The van der Waals surface area contributed by atoms with Crippen molar-refractivity contribution in [3.63, 3.8) is 0 Å². The normalized spacial score (nSPS) is 10.8. The Balaban J connectivity index is 1.44. The van der Waals surface area contributed by atoms with Crippen LogP contribution in [0.1, 0.15) is 11.1 Å². The molecule has 0 aliphatic carbocycles. The molecule has 0 atom stereocenters. The zero-order valence-corrected chi connectivity index (χ0v) is 16.5. The molecule has 140 valence electrons. The van der Waals surface area contributed by atoms with Gasteiger partial charge in [0.15, 0.2) is 6.61 Å². The van der Waals surface area contributed by atoms with Gasteiger partial charge in [-0.3, -0.25) is 4.79 Å². The predicted molar refractivity (Wildman–Crippen MR) is 115 cm³/mol. The molecule has 0 spiro atoms. The highest BCUT2D eigenvalue weighted by Crippen LogP contribution is 2.31. The van der Waals surface area contributed by atoms with Gasteiger partial charge in [-0.2, -0.15) is 0 Å². The monoisotopic (exact) mass is 388 g/mol. The maximum absolute atomic E-state index is 12.3. The van der Waals surface area contributed by atoms with Crippen molar-refractivity contribution < 1.29 is 9.53 Å². The zero-order chi connectivity index (χ0) is 19.5. The van der Waals surface area contributed by atoms with Crippen LogP contribution in [0.5, 0.6) is 5.75 Å². The largest absolute Gasteiger partial charge is 0.483 e. The second kappa shape index (κ2) is 7.82. The molecule has 0 saturated heterocycles. The number of hydrogen-bond acceptors (Lipinski definition) is 4. The summed E-state index contributed by atoms with van der Waals surface area (Å²) in [4.78, 5) is 17.0. The van der Waals surface area contributed by atoms with Gasteiger partial charge >= 0.3 is 0 Å². The van der Waals surface area contributed by atoms with Crippen LogP contribution in [-0.4, -0.2) is 17.5 Å². The van der Waals surface area contributed by atoms with Crippen LogP contribution >= 0.6 is 11.3 Å². The van der Waals surface area contributed by atoms with Gasteiger partial charge in [0.1, 0.15) is 10.8 Å². The Morgan fingerprint density at radius 3 is 2.71 bits per heavy atom. The first-order valence-corrected chi connectivity index (χ1v) is 9.86. The average molecular weight is 388 g/mol. The van der Waals surface area contributed by atoms with Crippen LogP contribution < -0.4 is 10.1 Å². The van der Waals surface area contributed by atoms with Crippen molar-refractivity contribution in [2.45, 2.75) is 13.8 Å². The molecule has 28 heavy (non-hydrogen) atoms. The van der Waals surface area contributed by atoms with E-state index in [1.165, 1.54) is 5.56 Å². The molecule has 0 fully saturated rings. The summed E-state index contributed by atoms with van der Waals surface area (Å²) in [6, 6.07) is 21.7. The molecular weight excluding hydrogens is 368 g/mol. The van der Waals surface area contributed by atoms with Crippen molar-refractivity contribution in [1.29, 1.82) is 0 Å². The zero-order valence-electron chi connectivity index (χ0n) is 15.7. The van der Waals surface area contributed by atoms with Crippen molar-refractivity contribution in [2.24, 2.45) is 0 Å². The summed E-state index contributed by atoms with van der Waals surface area (Å²) in [5, 5.41) is 3.83. The number of aryl methyl sites for hydroxylation is 2. The fraction of sp³-hybridized carbons (Fsp3) is 0.130. The molecule has 0 aliphatic rings. The minimum Gasteiger partial charge on any atom is -0.483 e. The van der Waals surface area contributed by atoms with Crippen LogP contribution in [-0.2, 0) is 4.79 Å². The molecule has 0 saturated carbocycles. The third-order valence-corrected chi connectivity index (χ3v) is 5.46. The molecule has 4 aromatic rings. The van der Waals surface area contributed by atoms with E-state index in [1.54, 1.807) is 11.3 Å². The topological polar surface area (TPSA) is 51.2 Å². The smallest absolute Gasteiger partial charge is 0.262 e. The lowest BCUT2D eigenvalue weighted by Gasteiger charge is -2.10. The number of fused-ring (bicyclic) bond motifs is 1. The number of carbonyl (C=O) groups excluding carboxylic acids is 1. The number of nitrogens with one attached hydrogen (secondary N) is 1. The van der Waals surface area contributed by atoms with E-state index in [0.717, 1.165) is 37.8 Å². The summed E-state index contributed by atoms with van der Waals surface area (Å²) in [6.45, 7) is 3.97. The number of ether oxygens (including phenoxy) is 1. The van der Waals surface area contributed by atoms with Crippen LogP contribution in [0.2, 0.25) is 0 Å². The number of hydrogen-bond donors (Lipinski definition) is 1. The van der Waals surface area contributed by atoms with Crippen molar-refractivity contribution in [2.75, 3.05) is 11.9 Å². The molecule has 1 amide bonds. The van der Waals surface area contributed by atoms with Gasteiger partial charge < -0.3 is 10.1 Å². The number of amides is 1. The lowest BCUT2D eigenvalue weighted by atomic mass is 10.1. The third-order valence-electron chi connectivity index (χ3n) is 4.38. The van der Waals surface area contributed by atoms with Gasteiger partial charge in [-0.05, 0) is 49.7 Å². The Kier molecular flexibility index (Phi) is 5.08. The first-order valence-electron chi connectivity index (χ1n) is 9.04. The lowest BCUT2D eigenvalue weighted by Crippen LogP contribution is -2.20. The van der Waals surface area contributed by atoms with Crippen LogP contribution in [0.3, 0.4) is 0 Å². The van der Waals surface area contributed by atoms with Crippen LogP contribution in [0.25, 0.3) is 20.8 Å². The van der Waals surface area contributed by atoms with E-state index in [0.29, 0.717) is 0 Å². The predicted octanol–water partition coefficient (Wildman–Crippen LogP) is 5.60. The van der Waals surface area contributed by atoms with Crippen molar-refractivity contribution >= 4 is 33.1 Å². The Morgan fingerprint density at radius 1 is 1.04 bits per heavy atom. The SMILES string of the molecule is Cc1ccc(OCC(=O)Nc2cccc(-c3nc4ccccc4s3)c2)c(C)c1. The fourth-order valence-corrected chi connectivity index (χ4v) is 3.99. The van der Waals surface area contributed by atoms with E-state index in [1.807, 2.05) is 74.5 Å². The van der Waals surface area contributed by atoms with E-state index in [9.17, 15) is 4.79 Å². The maximum Gasteiger partial charge on any atom is 0.262 e. The molecular formula is C23H20N2O2S. The van der Waals surface area contributed by atoms with Crippen molar-refractivity contribution in [3.8, 4) is 16.3 Å². The minimum absolute atomic E-state index is 0.0325. The number of nitrogens with zero attached hydrogens (tertiary/aromatic N) is 1. The first kappa shape index (κ1) is 18.2. The molecule has 0 bridgehead atoms. The number of aromatic nitrogens is 1. The number of anilines is 1. The number of rotatable bonds is 5. The molecule has 0 unspecified atom stereocenters. The Hall–Kier alpha value is -3.18. The van der Waals surface area contributed by atoms with E-state index >= 15 is 0 Å². The second-order valence-electron chi connectivity index (χ2n) is 6.67. The summed E-state index contributed by atoms with van der Waals surface area (Å²) in [6.07, 6.45) is 0. The van der Waals surface area contributed by atoms with Gasteiger partial charge in [-0.15, -0.1) is 11.3 Å². The number of para-hydroxylation sites is 1. The van der Waals surface area contributed by atoms with Crippen LogP contribution in [0.15, 0.2) is 66.7 Å². The molecule has 1 aromatic heterocycles. The third kappa shape index (κ3) is 4.05. The Labute approximate surface area is 167 Å². The van der Waals surface area contributed by atoms with E-state index < -0.39 is 0 Å². The molecule has 0 radical (unpaired) electrons. The van der Waals surface area contributed by atoms with Crippen LogP contribution in [0, 0.1) is 13.8 Å². The highest BCUT2D eigenvalue weighted by atomic mass is 32.1. The molecule has 4 nitrogen and oxygen atoms in total. The molecule has 0 aliphatic heterocycles. The molecule has 5 heteroatoms. The minimum atomic E-state index is -0.193. The fourth-order valence-electron chi connectivity index (χ4n) is 3.03. The van der Waals surface area contributed by atoms with Crippen LogP contribution in [0.4, 0.5) is 5.69 Å². The van der Waals surface area contributed by atoms with Gasteiger partial charge in [0, 0.05) is 11.3 Å². The van der Waals surface area contributed by atoms with Gasteiger partial charge in [0.2, 0.25) is 0 Å². The summed E-state index contributed by atoms with van der Waals surface area (Å²) in [5.41, 5.74) is 4.88. The van der Waals surface area contributed by atoms with E-state index in [4.69, 9.17) is 4.74 Å². The quantitative estimate of drug-likeness (QED) is 0.484. The van der Waals surface area contributed by atoms with Gasteiger partial charge in [-0.25, -0.2) is 4.98 Å². The number of carbonyl (C=O) groups is 1. The Bertz CT molecular complexity index is 1120. The summed E-state index contributed by atoms with van der Waals surface area (Å²) < 4.78 is 6.81. The van der Waals surface area contributed by atoms with Gasteiger partial charge in [0.05, 0.1) is 10.2 Å². The summed E-state index contributed by atoms with van der Waals surface area (Å²) in [5.74, 6) is 0.533. The average Bonchev–Trinajstić information content (AvgIpc) is 3.12. The highest BCUT2D eigenvalue weighted by molar-refractivity contribution is 7.21. The van der Waals surface area contributed by atoms with Crippen molar-refractivity contribution in [1.82, 2.24) is 4.98 Å². The summed E-state index contributed by atoms with van der Waals surface area (Å²) in [7, 11) is 0. The molecule has 1 heterocycles. The molecule has 4 rings (SSSR count). The van der Waals surface area contributed by atoms with E-state index in [-0.39, 0.29) is 12.5 Å². The van der Waals surface area contributed by atoms with Gasteiger partial charge in [0.25, 0.3) is 5.91 Å². The highest BCUT2D eigenvalue weighted by Gasteiger charge is 2.09. The first-order chi connectivity index (χ1) is 13.6. The number of thiazole rings is 1. The molecule has 3 aromatic carbocycles. The van der Waals surface area contributed by atoms with Crippen molar-refractivity contribution in [3.05, 3.63) is 77.9 Å². The summed E-state index contributed by atoms with van der Waals surface area (Å²) >= 11 is 1.64. The number of benzene rings is 3. The van der Waals surface area contributed by atoms with E-state index in [2.05, 4.69) is 16.4 Å².